The molecule has 4 heterocycles. The monoisotopic (exact) mass is 408 g/mol. The Kier molecular flexibility index (Phi) is 4.51. The molecule has 5 rings (SSSR count). The molecule has 30 heavy (non-hydrogen) atoms. The molecule has 0 bridgehead atoms. The summed E-state index contributed by atoms with van der Waals surface area (Å²) in [5.74, 6) is 1.64. The zero-order valence-electron chi connectivity index (χ0n) is 16.4. The summed E-state index contributed by atoms with van der Waals surface area (Å²) in [7, 11) is 0. The number of morpholine rings is 1. The first-order valence-corrected chi connectivity index (χ1v) is 9.71. The van der Waals surface area contributed by atoms with Gasteiger partial charge in [-0.3, -0.25) is 10.1 Å². The van der Waals surface area contributed by atoms with Crippen LogP contribution in [0.2, 0.25) is 0 Å². The third-order valence-electron chi connectivity index (χ3n) is 5.39. The van der Waals surface area contributed by atoms with Crippen LogP contribution in [0.5, 0.6) is 0 Å². The minimum Gasteiger partial charge on any atom is -0.378 e. The zero-order valence-corrected chi connectivity index (χ0v) is 16.4. The summed E-state index contributed by atoms with van der Waals surface area (Å²) in [6.07, 6.45) is 3.35. The van der Waals surface area contributed by atoms with Crippen molar-refractivity contribution in [1.82, 2.24) is 29.1 Å². The fraction of sp³-hybridized carbons (Fsp3) is 0.368. The van der Waals surface area contributed by atoms with Crippen molar-refractivity contribution in [3.8, 4) is 0 Å². The molecule has 1 aliphatic rings. The molecular formula is C19H20N8O3. The average molecular weight is 408 g/mol. The van der Waals surface area contributed by atoms with Gasteiger partial charge in [0.2, 0.25) is 0 Å². The van der Waals surface area contributed by atoms with Gasteiger partial charge in [0, 0.05) is 38.3 Å². The minimum atomic E-state index is -0.406. The first-order valence-electron chi connectivity index (χ1n) is 9.71. The van der Waals surface area contributed by atoms with E-state index in [2.05, 4.69) is 29.4 Å². The summed E-state index contributed by atoms with van der Waals surface area (Å²) in [6.45, 7) is 6.10. The van der Waals surface area contributed by atoms with Gasteiger partial charge in [-0.2, -0.15) is 0 Å². The van der Waals surface area contributed by atoms with Crippen LogP contribution in [0.4, 0.5) is 11.5 Å². The number of nitro benzene ring substituents is 1. The number of nitrogens with zero attached hydrogens (tertiary/aromatic N) is 8. The Labute approximate surface area is 171 Å². The highest BCUT2D eigenvalue weighted by Gasteiger charge is 2.19. The summed E-state index contributed by atoms with van der Waals surface area (Å²) in [5.41, 5.74) is 3.09. The van der Waals surface area contributed by atoms with E-state index in [1.165, 1.54) is 12.1 Å². The fourth-order valence-corrected chi connectivity index (χ4v) is 3.88. The first-order chi connectivity index (χ1) is 14.6. The Morgan fingerprint density at radius 3 is 2.80 bits per heavy atom. The lowest BCUT2D eigenvalue weighted by atomic mass is 10.3. The number of fused-ring (bicyclic) bond motifs is 2. The van der Waals surface area contributed by atoms with Crippen molar-refractivity contribution in [3.63, 3.8) is 0 Å². The Morgan fingerprint density at radius 1 is 1.17 bits per heavy atom. The van der Waals surface area contributed by atoms with Crippen molar-refractivity contribution >= 4 is 33.7 Å². The molecule has 0 aliphatic carbocycles. The van der Waals surface area contributed by atoms with Crippen LogP contribution in [0.1, 0.15) is 5.82 Å². The molecule has 0 spiro atoms. The van der Waals surface area contributed by atoms with Gasteiger partial charge in [-0.15, -0.1) is 0 Å². The highest BCUT2D eigenvalue weighted by atomic mass is 16.6. The van der Waals surface area contributed by atoms with Gasteiger partial charge in [-0.05, 0) is 13.0 Å². The maximum Gasteiger partial charge on any atom is 0.271 e. The summed E-state index contributed by atoms with van der Waals surface area (Å²) in [5, 5.41) is 11.0. The van der Waals surface area contributed by atoms with Gasteiger partial charge in [0.25, 0.3) is 5.69 Å². The van der Waals surface area contributed by atoms with Gasteiger partial charge in [-0.25, -0.2) is 19.9 Å². The van der Waals surface area contributed by atoms with Crippen LogP contribution < -0.4 is 4.90 Å². The van der Waals surface area contributed by atoms with Crippen LogP contribution in [0.3, 0.4) is 0 Å². The molecule has 3 aromatic heterocycles. The highest BCUT2D eigenvalue weighted by Crippen LogP contribution is 2.24. The van der Waals surface area contributed by atoms with Gasteiger partial charge >= 0.3 is 0 Å². The molecule has 0 N–H and O–H groups in total. The van der Waals surface area contributed by atoms with E-state index < -0.39 is 4.92 Å². The second kappa shape index (κ2) is 7.34. The molecule has 1 aromatic carbocycles. The Morgan fingerprint density at radius 2 is 2.00 bits per heavy atom. The number of nitro groups is 1. The number of ether oxygens (including phenoxy) is 1. The molecular weight excluding hydrogens is 388 g/mol. The Hall–Kier alpha value is -3.60. The molecule has 154 valence electrons. The third kappa shape index (κ3) is 3.12. The summed E-state index contributed by atoms with van der Waals surface area (Å²) in [4.78, 5) is 30.7. The number of aromatic nitrogens is 6. The molecule has 1 fully saturated rings. The predicted molar refractivity (Wildman–Crippen MR) is 109 cm³/mol. The quantitative estimate of drug-likeness (QED) is 0.363. The van der Waals surface area contributed by atoms with Crippen LogP contribution in [-0.4, -0.2) is 60.3 Å². The number of aryl methyl sites for hydroxylation is 3. The van der Waals surface area contributed by atoms with E-state index in [-0.39, 0.29) is 5.69 Å². The SMILES string of the molecule is Cc1nc2cc([N+](=O)[O-])ccc2n1CCn1cnc2c(N3CCOCC3)ncnc21. The molecule has 1 aliphatic heterocycles. The van der Waals surface area contributed by atoms with E-state index in [4.69, 9.17) is 4.74 Å². The largest absolute Gasteiger partial charge is 0.378 e. The van der Waals surface area contributed by atoms with Gasteiger partial charge in [-0.1, -0.05) is 0 Å². The summed E-state index contributed by atoms with van der Waals surface area (Å²) in [6, 6.07) is 4.76. The molecule has 4 aromatic rings. The van der Waals surface area contributed by atoms with Crippen molar-refractivity contribution in [3.05, 3.63) is 46.8 Å². The van der Waals surface area contributed by atoms with Crippen molar-refractivity contribution < 1.29 is 9.66 Å². The van der Waals surface area contributed by atoms with Crippen LogP contribution in [-0.2, 0) is 17.8 Å². The lowest BCUT2D eigenvalue weighted by molar-refractivity contribution is -0.384. The van der Waals surface area contributed by atoms with Crippen LogP contribution >= 0.6 is 0 Å². The van der Waals surface area contributed by atoms with E-state index in [9.17, 15) is 10.1 Å². The lowest BCUT2D eigenvalue weighted by Gasteiger charge is -2.27. The summed E-state index contributed by atoms with van der Waals surface area (Å²) < 4.78 is 9.48. The number of hydrogen-bond acceptors (Lipinski definition) is 8. The van der Waals surface area contributed by atoms with Crippen molar-refractivity contribution in [1.29, 1.82) is 0 Å². The number of rotatable bonds is 5. The molecule has 0 radical (unpaired) electrons. The smallest absolute Gasteiger partial charge is 0.271 e. The highest BCUT2D eigenvalue weighted by molar-refractivity contribution is 5.83. The number of anilines is 1. The Balaban J connectivity index is 1.43. The van der Waals surface area contributed by atoms with Crippen molar-refractivity contribution in [2.45, 2.75) is 20.0 Å². The Bertz CT molecular complexity index is 1240. The third-order valence-corrected chi connectivity index (χ3v) is 5.39. The average Bonchev–Trinajstić information content (AvgIpc) is 3.32. The molecule has 11 heteroatoms. The van der Waals surface area contributed by atoms with Crippen molar-refractivity contribution in [2.24, 2.45) is 0 Å². The number of imidazole rings is 2. The maximum atomic E-state index is 11.0. The standard InChI is InChI=1S/C19H20N8O3/c1-13-23-15-10-14(27(28)29)2-3-16(15)26(13)5-4-25-12-22-17-18(20-11-21-19(17)25)24-6-8-30-9-7-24/h2-3,10-12H,4-9H2,1H3. The van der Waals surface area contributed by atoms with Gasteiger partial charge in [0.15, 0.2) is 17.0 Å². The molecule has 11 nitrogen and oxygen atoms in total. The molecule has 1 saturated heterocycles. The molecule has 0 amide bonds. The van der Waals surface area contributed by atoms with E-state index in [0.29, 0.717) is 31.8 Å². The van der Waals surface area contributed by atoms with Crippen LogP contribution in [0.25, 0.3) is 22.2 Å². The summed E-state index contributed by atoms with van der Waals surface area (Å²) >= 11 is 0. The fourth-order valence-electron chi connectivity index (χ4n) is 3.88. The second-order valence-electron chi connectivity index (χ2n) is 7.15. The van der Waals surface area contributed by atoms with E-state index in [1.54, 1.807) is 18.7 Å². The van der Waals surface area contributed by atoms with Crippen LogP contribution in [0, 0.1) is 17.0 Å². The molecule has 0 atom stereocenters. The normalized spacial score (nSPS) is 14.6. The molecule has 0 saturated carbocycles. The number of non-ortho nitro benzene ring substituents is 1. The minimum absolute atomic E-state index is 0.0418. The first kappa shape index (κ1) is 18.4. The van der Waals surface area contributed by atoms with E-state index in [1.807, 2.05) is 11.5 Å². The van der Waals surface area contributed by atoms with Crippen molar-refractivity contribution in [2.75, 3.05) is 31.2 Å². The second-order valence-corrected chi connectivity index (χ2v) is 7.15. The molecule has 0 unspecified atom stereocenters. The van der Waals surface area contributed by atoms with Gasteiger partial charge in [0.05, 0.1) is 35.5 Å². The number of benzene rings is 1. The number of hydrogen-bond donors (Lipinski definition) is 0. The van der Waals surface area contributed by atoms with Gasteiger partial charge in [0.1, 0.15) is 12.2 Å². The topological polar surface area (TPSA) is 117 Å². The predicted octanol–water partition coefficient (Wildman–Crippen LogP) is 1.93. The maximum absolute atomic E-state index is 11.0. The lowest BCUT2D eigenvalue weighted by Crippen LogP contribution is -2.36. The van der Waals surface area contributed by atoms with Gasteiger partial charge < -0.3 is 18.8 Å². The van der Waals surface area contributed by atoms with E-state index in [0.717, 1.165) is 41.4 Å². The van der Waals surface area contributed by atoms with E-state index >= 15 is 0 Å². The van der Waals surface area contributed by atoms with Crippen LogP contribution in [0.15, 0.2) is 30.9 Å². The zero-order chi connectivity index (χ0) is 20.7.